The van der Waals surface area contributed by atoms with Gasteiger partial charge in [0.2, 0.25) is 0 Å². The van der Waals surface area contributed by atoms with E-state index < -0.39 is 0 Å². The molecular formula is C9H7O. The van der Waals surface area contributed by atoms with Gasteiger partial charge in [-0.15, -0.1) is 0 Å². The van der Waals surface area contributed by atoms with Gasteiger partial charge in [-0.25, -0.2) is 0 Å². The second-order valence-corrected chi connectivity index (χ2v) is 2.30. The normalized spacial score (nSPS) is 10.5. The van der Waals surface area contributed by atoms with E-state index in [1.165, 1.54) is 0 Å². The predicted molar refractivity (Wildman–Crippen MR) is 39.8 cm³/mol. The molecule has 1 nitrogen and oxygen atoms in total. The van der Waals surface area contributed by atoms with E-state index in [0.717, 1.165) is 16.5 Å². The standard InChI is InChI=1S/C9H7O/c1-7-3-2-4-9-8(7)5-6-10-9/h2,4-6H,1H3. The van der Waals surface area contributed by atoms with Gasteiger partial charge in [-0.1, -0.05) is 6.07 Å². The molecule has 1 heteroatoms. The first-order valence-electron chi connectivity index (χ1n) is 3.22. The number of hydrogen-bond donors (Lipinski definition) is 0. The highest BCUT2D eigenvalue weighted by atomic mass is 16.3. The second kappa shape index (κ2) is 1.87. The molecule has 0 atom stereocenters. The fraction of sp³-hybridized carbons (Fsp3) is 0.111. The van der Waals surface area contributed by atoms with Crippen molar-refractivity contribution in [2.24, 2.45) is 0 Å². The first-order valence-corrected chi connectivity index (χ1v) is 3.22. The van der Waals surface area contributed by atoms with Gasteiger partial charge in [-0.2, -0.15) is 0 Å². The number of aryl methyl sites for hydroxylation is 1. The van der Waals surface area contributed by atoms with Crippen LogP contribution in [0.4, 0.5) is 0 Å². The molecule has 0 fully saturated rings. The molecule has 0 bridgehead atoms. The molecule has 1 heterocycles. The van der Waals surface area contributed by atoms with Crippen LogP contribution in [0.25, 0.3) is 11.0 Å². The fourth-order valence-electron chi connectivity index (χ4n) is 1.08. The Morgan fingerprint density at radius 3 is 3.10 bits per heavy atom. The van der Waals surface area contributed by atoms with E-state index in [4.69, 9.17) is 4.42 Å². The van der Waals surface area contributed by atoms with E-state index in [-0.39, 0.29) is 0 Å². The second-order valence-electron chi connectivity index (χ2n) is 2.30. The van der Waals surface area contributed by atoms with Crippen LogP contribution in [-0.4, -0.2) is 0 Å². The van der Waals surface area contributed by atoms with E-state index in [9.17, 15) is 0 Å². The average molecular weight is 131 g/mol. The zero-order valence-corrected chi connectivity index (χ0v) is 5.72. The van der Waals surface area contributed by atoms with Crippen molar-refractivity contribution in [2.75, 3.05) is 0 Å². The molecule has 0 N–H and O–H groups in total. The quantitative estimate of drug-likeness (QED) is 0.535. The van der Waals surface area contributed by atoms with Gasteiger partial charge in [-0.3, -0.25) is 0 Å². The first kappa shape index (κ1) is 5.54. The van der Waals surface area contributed by atoms with Gasteiger partial charge in [-0.05, 0) is 30.7 Å². The maximum Gasteiger partial charge on any atom is 0.134 e. The summed E-state index contributed by atoms with van der Waals surface area (Å²) in [6.07, 6.45) is 1.70. The van der Waals surface area contributed by atoms with E-state index in [1.807, 2.05) is 25.1 Å². The highest BCUT2D eigenvalue weighted by Gasteiger charge is 1.96. The van der Waals surface area contributed by atoms with Crippen LogP contribution in [0.2, 0.25) is 0 Å². The number of furan rings is 1. The molecule has 0 aliphatic rings. The fourth-order valence-corrected chi connectivity index (χ4v) is 1.08. The topological polar surface area (TPSA) is 13.1 Å². The number of fused-ring (bicyclic) bond motifs is 1. The van der Waals surface area contributed by atoms with Gasteiger partial charge in [0.05, 0.1) is 6.26 Å². The van der Waals surface area contributed by atoms with E-state index in [0.29, 0.717) is 0 Å². The highest BCUT2D eigenvalue weighted by molar-refractivity contribution is 5.80. The molecule has 0 saturated carbocycles. The van der Waals surface area contributed by atoms with Gasteiger partial charge < -0.3 is 4.42 Å². The van der Waals surface area contributed by atoms with Crippen LogP contribution >= 0.6 is 0 Å². The van der Waals surface area contributed by atoms with Crippen molar-refractivity contribution in [1.82, 2.24) is 0 Å². The minimum Gasteiger partial charge on any atom is -0.464 e. The Morgan fingerprint density at radius 1 is 1.40 bits per heavy atom. The smallest absolute Gasteiger partial charge is 0.134 e. The summed E-state index contributed by atoms with van der Waals surface area (Å²) in [5.74, 6) is 0. The Bertz CT molecular complexity index is 346. The van der Waals surface area contributed by atoms with Crippen molar-refractivity contribution in [3.63, 3.8) is 0 Å². The Kier molecular flexibility index (Phi) is 1.04. The van der Waals surface area contributed by atoms with Crippen molar-refractivity contribution < 1.29 is 4.42 Å². The molecule has 1 aromatic carbocycles. The van der Waals surface area contributed by atoms with Gasteiger partial charge in [0.1, 0.15) is 5.58 Å². The van der Waals surface area contributed by atoms with Crippen molar-refractivity contribution >= 4 is 11.0 Å². The Balaban J connectivity index is 2.95. The van der Waals surface area contributed by atoms with Crippen molar-refractivity contribution in [3.8, 4) is 0 Å². The van der Waals surface area contributed by atoms with Gasteiger partial charge >= 0.3 is 0 Å². The molecule has 0 aliphatic carbocycles. The van der Waals surface area contributed by atoms with E-state index in [2.05, 4.69) is 6.07 Å². The lowest BCUT2D eigenvalue weighted by Crippen LogP contribution is -1.70. The largest absolute Gasteiger partial charge is 0.464 e. The zero-order valence-electron chi connectivity index (χ0n) is 5.72. The summed E-state index contributed by atoms with van der Waals surface area (Å²) in [7, 11) is 0. The molecule has 10 heavy (non-hydrogen) atoms. The number of benzene rings is 1. The molecule has 0 amide bonds. The molecule has 2 aromatic rings. The summed E-state index contributed by atoms with van der Waals surface area (Å²) in [6.45, 7) is 2.03. The Labute approximate surface area is 59.3 Å². The Morgan fingerprint density at radius 2 is 2.30 bits per heavy atom. The van der Waals surface area contributed by atoms with Crippen LogP contribution in [0.5, 0.6) is 0 Å². The summed E-state index contributed by atoms with van der Waals surface area (Å²) < 4.78 is 5.18. The third kappa shape index (κ3) is 0.637. The minimum atomic E-state index is 0.941. The lowest BCUT2D eigenvalue weighted by Gasteiger charge is -1.89. The maximum absolute atomic E-state index is 5.18. The lowest BCUT2D eigenvalue weighted by atomic mass is 10.1. The van der Waals surface area contributed by atoms with Crippen LogP contribution in [0.3, 0.4) is 0 Å². The number of rotatable bonds is 0. The third-order valence-electron chi connectivity index (χ3n) is 1.63. The Hall–Kier alpha value is -1.24. The third-order valence-corrected chi connectivity index (χ3v) is 1.63. The molecule has 49 valence electrons. The molecule has 2 rings (SSSR count). The minimum absolute atomic E-state index is 0.941. The SMILES string of the molecule is Cc1[c]ccc2occc12. The van der Waals surface area contributed by atoms with Crippen LogP contribution < -0.4 is 0 Å². The van der Waals surface area contributed by atoms with Crippen LogP contribution in [0.15, 0.2) is 28.9 Å². The van der Waals surface area contributed by atoms with Gasteiger partial charge in [0.15, 0.2) is 0 Å². The first-order chi connectivity index (χ1) is 4.88. The van der Waals surface area contributed by atoms with Crippen molar-refractivity contribution in [3.05, 3.63) is 36.1 Å². The highest BCUT2D eigenvalue weighted by Crippen LogP contribution is 2.17. The van der Waals surface area contributed by atoms with Crippen molar-refractivity contribution in [2.45, 2.75) is 6.92 Å². The van der Waals surface area contributed by atoms with E-state index >= 15 is 0 Å². The van der Waals surface area contributed by atoms with Gasteiger partial charge in [0.25, 0.3) is 0 Å². The lowest BCUT2D eigenvalue weighted by molar-refractivity contribution is 0.616. The van der Waals surface area contributed by atoms with Crippen LogP contribution in [-0.2, 0) is 0 Å². The monoisotopic (exact) mass is 131 g/mol. The van der Waals surface area contributed by atoms with Crippen molar-refractivity contribution in [1.29, 1.82) is 0 Å². The summed E-state index contributed by atoms with van der Waals surface area (Å²) >= 11 is 0. The molecule has 1 aromatic heterocycles. The molecule has 0 saturated heterocycles. The molecule has 0 aliphatic heterocycles. The average Bonchev–Trinajstić information content (AvgIpc) is 2.36. The van der Waals surface area contributed by atoms with Crippen LogP contribution in [0.1, 0.15) is 5.56 Å². The van der Waals surface area contributed by atoms with Gasteiger partial charge in [0, 0.05) is 5.39 Å². The zero-order chi connectivity index (χ0) is 6.97. The maximum atomic E-state index is 5.18. The summed E-state index contributed by atoms with van der Waals surface area (Å²) in [5, 5.41) is 1.16. The predicted octanol–water partition coefficient (Wildman–Crippen LogP) is 2.54. The van der Waals surface area contributed by atoms with Crippen LogP contribution in [0, 0.1) is 13.0 Å². The molecule has 0 spiro atoms. The summed E-state index contributed by atoms with van der Waals surface area (Å²) in [5.41, 5.74) is 2.09. The van der Waals surface area contributed by atoms with E-state index in [1.54, 1.807) is 6.26 Å². The molecular weight excluding hydrogens is 124 g/mol. The molecule has 1 radical (unpaired) electrons. The molecule has 0 unspecified atom stereocenters. The number of hydrogen-bond acceptors (Lipinski definition) is 1. The summed E-state index contributed by atoms with van der Waals surface area (Å²) in [6, 6.07) is 8.85. The summed E-state index contributed by atoms with van der Waals surface area (Å²) in [4.78, 5) is 0.